The van der Waals surface area contributed by atoms with Crippen molar-refractivity contribution in [1.82, 2.24) is 14.9 Å². The van der Waals surface area contributed by atoms with E-state index < -0.39 is 0 Å². The van der Waals surface area contributed by atoms with Gasteiger partial charge >= 0.3 is 0 Å². The number of anilines is 1. The van der Waals surface area contributed by atoms with Crippen molar-refractivity contribution < 1.29 is 9.53 Å². The average Bonchev–Trinajstić information content (AvgIpc) is 2.88. The summed E-state index contributed by atoms with van der Waals surface area (Å²) < 4.78 is 5.35. The molecule has 6 nitrogen and oxygen atoms in total. The SMILES string of the molecule is COc1cccc(N2CCN(C(=O)c3cc(-c4cccnc4)nc4ccccc34)CC2)c1. The van der Waals surface area contributed by atoms with E-state index in [0.717, 1.165) is 46.7 Å². The van der Waals surface area contributed by atoms with Crippen molar-refractivity contribution >= 4 is 22.5 Å². The Kier molecular flexibility index (Phi) is 5.42. The molecule has 0 N–H and O–H groups in total. The number of aromatic nitrogens is 2. The van der Waals surface area contributed by atoms with E-state index in [9.17, 15) is 4.79 Å². The van der Waals surface area contributed by atoms with Crippen LogP contribution in [0.3, 0.4) is 0 Å². The van der Waals surface area contributed by atoms with Gasteiger partial charge in [0, 0.05) is 61.3 Å². The zero-order chi connectivity index (χ0) is 21.9. The van der Waals surface area contributed by atoms with E-state index in [1.54, 1.807) is 19.5 Å². The van der Waals surface area contributed by atoms with Gasteiger partial charge < -0.3 is 14.5 Å². The van der Waals surface area contributed by atoms with Crippen molar-refractivity contribution in [3.8, 4) is 17.0 Å². The number of piperazine rings is 1. The molecule has 5 rings (SSSR count). The lowest BCUT2D eigenvalue weighted by atomic mass is 10.0. The Morgan fingerprint density at radius 1 is 0.938 bits per heavy atom. The van der Waals surface area contributed by atoms with Gasteiger partial charge in [-0.1, -0.05) is 24.3 Å². The minimum Gasteiger partial charge on any atom is -0.497 e. The summed E-state index contributed by atoms with van der Waals surface area (Å²) in [5.74, 6) is 0.881. The van der Waals surface area contributed by atoms with Crippen molar-refractivity contribution in [2.24, 2.45) is 0 Å². The Labute approximate surface area is 187 Å². The first-order valence-electron chi connectivity index (χ1n) is 10.7. The summed E-state index contributed by atoms with van der Waals surface area (Å²) in [4.78, 5) is 26.8. The van der Waals surface area contributed by atoms with Crippen LogP contribution in [0.2, 0.25) is 0 Å². The highest BCUT2D eigenvalue weighted by Gasteiger charge is 2.24. The number of ether oxygens (including phenoxy) is 1. The van der Waals surface area contributed by atoms with E-state index >= 15 is 0 Å². The summed E-state index contributed by atoms with van der Waals surface area (Å²) in [5.41, 5.74) is 4.27. The zero-order valence-electron chi connectivity index (χ0n) is 17.9. The third-order valence-electron chi connectivity index (χ3n) is 5.89. The molecule has 32 heavy (non-hydrogen) atoms. The maximum atomic E-state index is 13.6. The molecule has 1 aliphatic heterocycles. The Morgan fingerprint density at radius 3 is 2.56 bits per heavy atom. The molecule has 0 radical (unpaired) electrons. The molecular formula is C26H24N4O2. The number of methoxy groups -OCH3 is 1. The Morgan fingerprint density at radius 2 is 1.78 bits per heavy atom. The minimum atomic E-state index is 0.0408. The normalized spacial score (nSPS) is 13.9. The first kappa shape index (κ1) is 20.0. The molecule has 1 saturated heterocycles. The largest absolute Gasteiger partial charge is 0.497 e. The second-order valence-corrected chi connectivity index (χ2v) is 7.79. The maximum Gasteiger partial charge on any atom is 0.254 e. The van der Waals surface area contributed by atoms with Crippen LogP contribution in [-0.2, 0) is 0 Å². The van der Waals surface area contributed by atoms with Crippen LogP contribution in [0.5, 0.6) is 5.75 Å². The summed E-state index contributed by atoms with van der Waals surface area (Å²) in [6, 6.07) is 21.6. The third-order valence-corrected chi connectivity index (χ3v) is 5.89. The van der Waals surface area contributed by atoms with Crippen molar-refractivity contribution in [3.63, 3.8) is 0 Å². The first-order valence-corrected chi connectivity index (χ1v) is 10.7. The molecule has 0 saturated carbocycles. The van der Waals surface area contributed by atoms with Crippen molar-refractivity contribution in [3.05, 3.63) is 84.7 Å². The predicted octanol–water partition coefficient (Wildman–Crippen LogP) is 4.27. The van der Waals surface area contributed by atoms with Crippen LogP contribution in [0.25, 0.3) is 22.2 Å². The number of fused-ring (bicyclic) bond motifs is 1. The smallest absolute Gasteiger partial charge is 0.254 e. The molecule has 0 aliphatic carbocycles. The van der Waals surface area contributed by atoms with Crippen LogP contribution < -0.4 is 9.64 Å². The van der Waals surface area contributed by atoms with Crippen LogP contribution in [0.4, 0.5) is 5.69 Å². The van der Waals surface area contributed by atoms with Gasteiger partial charge in [-0.2, -0.15) is 0 Å². The van der Waals surface area contributed by atoms with Gasteiger partial charge in [0.15, 0.2) is 0 Å². The van der Waals surface area contributed by atoms with Gasteiger partial charge in [0.25, 0.3) is 5.91 Å². The second kappa shape index (κ2) is 8.67. The molecule has 3 heterocycles. The first-order chi connectivity index (χ1) is 15.7. The number of carbonyl (C=O) groups excluding carboxylic acids is 1. The molecule has 2 aromatic carbocycles. The van der Waals surface area contributed by atoms with Gasteiger partial charge in [-0.25, -0.2) is 4.98 Å². The highest BCUT2D eigenvalue weighted by Crippen LogP contribution is 2.27. The lowest BCUT2D eigenvalue weighted by Crippen LogP contribution is -2.48. The van der Waals surface area contributed by atoms with Crippen molar-refractivity contribution in [2.45, 2.75) is 0 Å². The quantitative estimate of drug-likeness (QED) is 0.490. The minimum absolute atomic E-state index is 0.0408. The molecular weight excluding hydrogens is 400 g/mol. The third kappa shape index (κ3) is 3.87. The molecule has 1 amide bonds. The average molecular weight is 425 g/mol. The number of rotatable bonds is 4. The van der Waals surface area contributed by atoms with E-state index in [4.69, 9.17) is 9.72 Å². The highest BCUT2D eigenvalue weighted by atomic mass is 16.5. The molecule has 1 aliphatic rings. The number of hydrogen-bond donors (Lipinski definition) is 0. The number of para-hydroxylation sites is 1. The van der Waals surface area contributed by atoms with E-state index in [0.29, 0.717) is 18.7 Å². The van der Waals surface area contributed by atoms with Gasteiger partial charge in [0.1, 0.15) is 5.75 Å². The fourth-order valence-corrected chi connectivity index (χ4v) is 4.16. The topological polar surface area (TPSA) is 58.6 Å². The van der Waals surface area contributed by atoms with Gasteiger partial charge in [0.05, 0.1) is 23.9 Å². The Bertz CT molecular complexity index is 1250. The molecule has 160 valence electrons. The summed E-state index contributed by atoms with van der Waals surface area (Å²) in [6.07, 6.45) is 3.51. The maximum absolute atomic E-state index is 13.6. The lowest BCUT2D eigenvalue weighted by Gasteiger charge is -2.36. The van der Waals surface area contributed by atoms with E-state index in [2.05, 4.69) is 16.0 Å². The molecule has 0 atom stereocenters. The Balaban J connectivity index is 1.41. The zero-order valence-corrected chi connectivity index (χ0v) is 17.9. The van der Waals surface area contributed by atoms with E-state index in [1.165, 1.54) is 0 Å². The number of pyridine rings is 2. The van der Waals surface area contributed by atoms with E-state index in [1.807, 2.05) is 65.6 Å². The van der Waals surface area contributed by atoms with Crippen molar-refractivity contribution in [1.29, 1.82) is 0 Å². The molecule has 0 unspecified atom stereocenters. The fourth-order valence-electron chi connectivity index (χ4n) is 4.16. The highest BCUT2D eigenvalue weighted by molar-refractivity contribution is 6.07. The van der Waals surface area contributed by atoms with Gasteiger partial charge in [0.2, 0.25) is 0 Å². The van der Waals surface area contributed by atoms with E-state index in [-0.39, 0.29) is 5.91 Å². The number of amides is 1. The molecule has 0 bridgehead atoms. The molecule has 4 aromatic rings. The van der Waals surface area contributed by atoms with Crippen LogP contribution in [0.1, 0.15) is 10.4 Å². The summed E-state index contributed by atoms with van der Waals surface area (Å²) in [7, 11) is 1.68. The molecule has 0 spiro atoms. The van der Waals surface area contributed by atoms with Crippen LogP contribution in [0.15, 0.2) is 79.1 Å². The predicted molar refractivity (Wildman–Crippen MR) is 126 cm³/mol. The van der Waals surface area contributed by atoms with Crippen molar-refractivity contribution in [2.75, 3.05) is 38.2 Å². The van der Waals surface area contributed by atoms with Gasteiger partial charge in [-0.3, -0.25) is 9.78 Å². The summed E-state index contributed by atoms with van der Waals surface area (Å²) in [5, 5.41) is 0.875. The number of carbonyl (C=O) groups is 1. The fraction of sp³-hybridized carbons (Fsp3) is 0.192. The van der Waals surface area contributed by atoms with Gasteiger partial charge in [-0.05, 0) is 36.4 Å². The van der Waals surface area contributed by atoms with Crippen LogP contribution in [0, 0.1) is 0 Å². The number of nitrogens with zero attached hydrogens (tertiary/aromatic N) is 4. The summed E-state index contributed by atoms with van der Waals surface area (Å²) in [6.45, 7) is 2.87. The molecule has 1 fully saturated rings. The summed E-state index contributed by atoms with van der Waals surface area (Å²) >= 11 is 0. The molecule has 2 aromatic heterocycles. The van der Waals surface area contributed by atoms with Gasteiger partial charge in [-0.15, -0.1) is 0 Å². The number of benzene rings is 2. The number of hydrogen-bond acceptors (Lipinski definition) is 5. The second-order valence-electron chi connectivity index (χ2n) is 7.79. The monoisotopic (exact) mass is 424 g/mol. The van der Waals surface area contributed by atoms with Crippen LogP contribution >= 0.6 is 0 Å². The Hall–Kier alpha value is -3.93. The molecule has 6 heteroatoms. The van der Waals surface area contributed by atoms with Crippen LogP contribution in [-0.4, -0.2) is 54.1 Å². The lowest BCUT2D eigenvalue weighted by molar-refractivity contribution is 0.0748. The standard InChI is InChI=1S/C26H24N4O2/c1-32-21-8-4-7-20(16-21)29-12-14-30(15-13-29)26(31)23-17-25(19-6-5-11-27-18-19)28-24-10-3-2-9-22(23)24/h2-11,16-18H,12-15H2,1H3.